The van der Waals surface area contributed by atoms with E-state index in [1.54, 1.807) is 19.3 Å². The second kappa shape index (κ2) is 5.35. The Morgan fingerprint density at radius 1 is 1.61 bits per heavy atom. The molecule has 0 spiro atoms. The molecule has 0 radical (unpaired) electrons. The lowest BCUT2D eigenvalue weighted by molar-refractivity contribution is 0.0703. The van der Waals surface area contributed by atoms with Gasteiger partial charge in [0, 0.05) is 44.0 Å². The van der Waals surface area contributed by atoms with Gasteiger partial charge in [-0.3, -0.25) is 9.59 Å². The molecule has 1 unspecified atom stereocenters. The van der Waals surface area contributed by atoms with E-state index in [9.17, 15) is 9.59 Å². The highest BCUT2D eigenvalue weighted by Crippen LogP contribution is 2.12. The number of nitrogens with one attached hydrogen (secondary N) is 1. The van der Waals surface area contributed by atoms with Gasteiger partial charge in [0.15, 0.2) is 0 Å². The van der Waals surface area contributed by atoms with E-state index in [1.807, 2.05) is 11.8 Å². The topological polar surface area (TPSA) is 54.3 Å². The number of aryl methyl sites for hydroxylation is 1. The molecule has 5 heteroatoms. The minimum atomic E-state index is -0.151. The van der Waals surface area contributed by atoms with Crippen LogP contribution in [0.1, 0.15) is 23.7 Å². The van der Waals surface area contributed by atoms with Crippen molar-refractivity contribution < 1.29 is 4.79 Å². The maximum absolute atomic E-state index is 12.4. The molecule has 1 saturated heterocycles. The number of hydrogen-bond donors (Lipinski definition) is 1. The molecule has 0 saturated carbocycles. The van der Waals surface area contributed by atoms with Crippen molar-refractivity contribution in [3.8, 4) is 0 Å². The summed E-state index contributed by atoms with van der Waals surface area (Å²) in [5, 5.41) is 3.25. The van der Waals surface area contributed by atoms with E-state index < -0.39 is 0 Å². The Hall–Kier alpha value is -1.62. The van der Waals surface area contributed by atoms with Gasteiger partial charge in [0.25, 0.3) is 11.5 Å². The molecule has 1 fully saturated rings. The number of hydrogen-bond acceptors (Lipinski definition) is 3. The molecule has 5 nitrogen and oxygen atoms in total. The van der Waals surface area contributed by atoms with Crippen molar-refractivity contribution in [2.75, 3.05) is 19.6 Å². The molecule has 18 heavy (non-hydrogen) atoms. The molecule has 98 valence electrons. The largest absolute Gasteiger partial charge is 0.335 e. The fraction of sp³-hybridized carbons (Fsp3) is 0.538. The summed E-state index contributed by atoms with van der Waals surface area (Å²) in [6.07, 6.45) is 2.61. The van der Waals surface area contributed by atoms with E-state index in [0.29, 0.717) is 12.1 Å². The van der Waals surface area contributed by atoms with Crippen LogP contribution in [0.25, 0.3) is 0 Å². The first-order valence-corrected chi connectivity index (χ1v) is 6.32. The van der Waals surface area contributed by atoms with Gasteiger partial charge in [-0.15, -0.1) is 0 Å². The monoisotopic (exact) mass is 249 g/mol. The highest BCUT2D eigenvalue weighted by molar-refractivity contribution is 5.94. The van der Waals surface area contributed by atoms with Gasteiger partial charge in [-0.25, -0.2) is 0 Å². The van der Waals surface area contributed by atoms with Crippen LogP contribution < -0.4 is 10.9 Å². The minimum Gasteiger partial charge on any atom is -0.335 e. The van der Waals surface area contributed by atoms with Gasteiger partial charge in [0.05, 0.1) is 0 Å². The van der Waals surface area contributed by atoms with Crippen molar-refractivity contribution in [1.29, 1.82) is 0 Å². The predicted molar refractivity (Wildman–Crippen MR) is 69.7 cm³/mol. The van der Waals surface area contributed by atoms with Crippen LogP contribution in [0.5, 0.6) is 0 Å². The van der Waals surface area contributed by atoms with Gasteiger partial charge in [-0.05, 0) is 26.0 Å². The summed E-state index contributed by atoms with van der Waals surface area (Å²) in [6, 6.07) is 3.36. The fourth-order valence-corrected chi connectivity index (χ4v) is 2.32. The number of amides is 1. The first-order chi connectivity index (χ1) is 8.63. The molecule has 1 N–H and O–H groups in total. The van der Waals surface area contributed by atoms with Crippen LogP contribution in [0.3, 0.4) is 0 Å². The number of likely N-dealkylation sites (N-methyl/N-ethyl adjacent to an activating group) is 1. The molecule has 1 aliphatic heterocycles. The zero-order valence-corrected chi connectivity index (χ0v) is 10.8. The number of carbonyl (C=O) groups is 1. The third-order valence-corrected chi connectivity index (χ3v) is 3.43. The van der Waals surface area contributed by atoms with Crippen molar-refractivity contribution in [3.63, 3.8) is 0 Å². The third kappa shape index (κ3) is 2.46. The Morgan fingerprint density at radius 3 is 2.94 bits per heavy atom. The maximum atomic E-state index is 12.4. The molecule has 0 aromatic carbocycles. The second-order valence-corrected chi connectivity index (χ2v) is 4.60. The van der Waals surface area contributed by atoms with Crippen molar-refractivity contribution in [1.82, 2.24) is 14.8 Å². The van der Waals surface area contributed by atoms with Gasteiger partial charge in [-0.2, -0.15) is 0 Å². The maximum Gasteiger partial charge on any atom is 0.254 e. The van der Waals surface area contributed by atoms with Gasteiger partial charge < -0.3 is 14.8 Å². The van der Waals surface area contributed by atoms with Crippen LogP contribution in [0.15, 0.2) is 23.1 Å². The Kier molecular flexibility index (Phi) is 3.81. The van der Waals surface area contributed by atoms with Crippen LogP contribution in [0.2, 0.25) is 0 Å². The molecular formula is C13H19N3O2. The zero-order valence-electron chi connectivity index (χ0n) is 10.8. The molecule has 2 rings (SSSR count). The molecule has 0 bridgehead atoms. The van der Waals surface area contributed by atoms with Crippen LogP contribution >= 0.6 is 0 Å². The highest BCUT2D eigenvalue weighted by Gasteiger charge is 2.26. The Labute approximate surface area is 106 Å². The Morgan fingerprint density at radius 2 is 2.39 bits per heavy atom. The fourth-order valence-electron chi connectivity index (χ4n) is 2.32. The number of rotatable bonds is 3. The smallest absolute Gasteiger partial charge is 0.254 e. The molecular weight excluding hydrogens is 230 g/mol. The molecule has 1 amide bonds. The first-order valence-electron chi connectivity index (χ1n) is 6.32. The first kappa shape index (κ1) is 12.8. The Bertz CT molecular complexity index is 489. The van der Waals surface area contributed by atoms with Crippen LogP contribution in [0, 0.1) is 0 Å². The molecule has 1 aromatic rings. The summed E-state index contributed by atoms with van der Waals surface area (Å²) in [7, 11) is 1.68. The molecule has 2 heterocycles. The van der Waals surface area contributed by atoms with E-state index in [-0.39, 0.29) is 17.5 Å². The van der Waals surface area contributed by atoms with Crippen molar-refractivity contribution in [2.45, 2.75) is 19.4 Å². The molecule has 1 aliphatic rings. The lowest BCUT2D eigenvalue weighted by Gasteiger charge is -2.27. The summed E-state index contributed by atoms with van der Waals surface area (Å²) < 4.78 is 1.46. The quantitative estimate of drug-likeness (QED) is 0.833. The van der Waals surface area contributed by atoms with Crippen molar-refractivity contribution in [3.05, 3.63) is 34.2 Å². The molecule has 1 aromatic heterocycles. The molecule has 0 aliphatic carbocycles. The summed E-state index contributed by atoms with van der Waals surface area (Å²) in [5.74, 6) is -0.0519. The van der Waals surface area contributed by atoms with Gasteiger partial charge in [0.2, 0.25) is 0 Å². The normalized spacial score (nSPS) is 18.9. The van der Waals surface area contributed by atoms with Crippen LogP contribution in [0.4, 0.5) is 0 Å². The summed E-state index contributed by atoms with van der Waals surface area (Å²) in [6.45, 7) is 4.42. The van der Waals surface area contributed by atoms with Crippen LogP contribution in [-0.4, -0.2) is 41.1 Å². The van der Waals surface area contributed by atoms with E-state index in [4.69, 9.17) is 0 Å². The lowest BCUT2D eigenvalue weighted by Crippen LogP contribution is -2.41. The number of carbonyl (C=O) groups excluding carboxylic acids is 1. The number of pyridine rings is 1. The van der Waals surface area contributed by atoms with Crippen molar-refractivity contribution >= 4 is 5.91 Å². The van der Waals surface area contributed by atoms with E-state index in [1.165, 1.54) is 10.6 Å². The van der Waals surface area contributed by atoms with E-state index >= 15 is 0 Å². The second-order valence-electron chi connectivity index (χ2n) is 4.60. The van der Waals surface area contributed by atoms with Gasteiger partial charge in [0.1, 0.15) is 0 Å². The zero-order chi connectivity index (χ0) is 13.1. The summed E-state index contributed by atoms with van der Waals surface area (Å²) >= 11 is 0. The van der Waals surface area contributed by atoms with E-state index in [2.05, 4.69) is 5.32 Å². The minimum absolute atomic E-state index is 0.0519. The van der Waals surface area contributed by atoms with Gasteiger partial charge in [-0.1, -0.05) is 0 Å². The summed E-state index contributed by atoms with van der Waals surface area (Å²) in [4.78, 5) is 25.8. The SMILES string of the molecule is CCN(C(=O)c1ccn(C)c(=O)c1)C1CCNC1. The Balaban J connectivity index is 2.22. The van der Waals surface area contributed by atoms with Gasteiger partial charge >= 0.3 is 0 Å². The number of nitrogens with zero attached hydrogens (tertiary/aromatic N) is 2. The predicted octanol–water partition coefficient (Wildman–Crippen LogP) is 0.209. The number of aromatic nitrogens is 1. The summed E-state index contributed by atoms with van der Waals surface area (Å²) in [5.41, 5.74) is 0.327. The van der Waals surface area contributed by atoms with Crippen LogP contribution in [-0.2, 0) is 7.05 Å². The molecule has 1 atom stereocenters. The average molecular weight is 249 g/mol. The lowest BCUT2D eigenvalue weighted by atomic mass is 10.1. The van der Waals surface area contributed by atoms with Crippen molar-refractivity contribution in [2.24, 2.45) is 7.05 Å². The highest BCUT2D eigenvalue weighted by atomic mass is 16.2. The standard InChI is InChI=1S/C13H19N3O2/c1-3-16(11-4-6-14-9-11)13(18)10-5-7-15(2)12(17)8-10/h5,7-8,11,14H,3-4,6,9H2,1-2H3. The third-order valence-electron chi connectivity index (χ3n) is 3.43. The van der Waals surface area contributed by atoms with E-state index in [0.717, 1.165) is 19.5 Å². The average Bonchev–Trinajstić information content (AvgIpc) is 2.87.